The molecule has 0 heterocycles. The number of halogens is 3. The largest absolute Gasteiger partial charge is 0.416 e. The van der Waals surface area contributed by atoms with Crippen LogP contribution in [0.3, 0.4) is 0 Å². The monoisotopic (exact) mass is 327 g/mol. The number of amides is 1. The van der Waals surface area contributed by atoms with E-state index >= 15 is 0 Å². The van der Waals surface area contributed by atoms with Crippen molar-refractivity contribution in [3.63, 3.8) is 0 Å². The van der Waals surface area contributed by atoms with Crippen molar-refractivity contribution >= 4 is 5.91 Å². The van der Waals surface area contributed by atoms with E-state index in [0.717, 1.165) is 12.1 Å². The molecule has 0 aliphatic heterocycles. The fourth-order valence-corrected chi connectivity index (χ4v) is 2.68. The van der Waals surface area contributed by atoms with Crippen molar-refractivity contribution in [1.82, 2.24) is 5.32 Å². The Labute approximate surface area is 133 Å². The SMILES string of the molecule is CC(CC(=O)N[C@@H]1C=C[C@H](CO)C1)c1ccc(C(F)(F)F)cc1. The van der Waals surface area contributed by atoms with E-state index in [0.29, 0.717) is 12.0 Å². The molecule has 0 saturated carbocycles. The predicted molar refractivity (Wildman–Crippen MR) is 80.7 cm³/mol. The number of aliphatic hydroxyl groups is 1. The van der Waals surface area contributed by atoms with Gasteiger partial charge in [-0.1, -0.05) is 31.2 Å². The van der Waals surface area contributed by atoms with E-state index in [9.17, 15) is 18.0 Å². The molecule has 1 aromatic rings. The maximum Gasteiger partial charge on any atom is 0.416 e. The minimum atomic E-state index is -4.35. The molecule has 6 heteroatoms. The maximum absolute atomic E-state index is 12.5. The average molecular weight is 327 g/mol. The summed E-state index contributed by atoms with van der Waals surface area (Å²) in [6, 6.07) is 4.82. The Morgan fingerprint density at radius 3 is 2.48 bits per heavy atom. The highest BCUT2D eigenvalue weighted by molar-refractivity contribution is 5.77. The van der Waals surface area contributed by atoms with Crippen LogP contribution >= 0.6 is 0 Å². The molecule has 3 nitrogen and oxygen atoms in total. The summed E-state index contributed by atoms with van der Waals surface area (Å²) in [5.41, 5.74) is 0.00684. The van der Waals surface area contributed by atoms with Crippen molar-refractivity contribution < 1.29 is 23.1 Å². The van der Waals surface area contributed by atoms with Crippen molar-refractivity contribution in [1.29, 1.82) is 0 Å². The number of alkyl halides is 3. The van der Waals surface area contributed by atoms with Gasteiger partial charge in [-0.15, -0.1) is 0 Å². The first-order chi connectivity index (χ1) is 10.8. The molecule has 0 radical (unpaired) electrons. The number of hydrogen-bond acceptors (Lipinski definition) is 2. The van der Waals surface area contributed by atoms with Crippen LogP contribution in [0.2, 0.25) is 0 Å². The molecule has 0 aromatic heterocycles. The van der Waals surface area contributed by atoms with E-state index in [1.165, 1.54) is 12.1 Å². The van der Waals surface area contributed by atoms with Crippen LogP contribution in [0.15, 0.2) is 36.4 Å². The lowest BCUT2D eigenvalue weighted by Crippen LogP contribution is -2.33. The highest BCUT2D eigenvalue weighted by Gasteiger charge is 2.30. The fourth-order valence-electron chi connectivity index (χ4n) is 2.68. The molecule has 0 saturated heterocycles. The second kappa shape index (κ2) is 7.17. The first-order valence-corrected chi connectivity index (χ1v) is 7.55. The molecule has 1 amide bonds. The molecule has 0 spiro atoms. The lowest BCUT2D eigenvalue weighted by molar-refractivity contribution is -0.137. The Bertz CT molecular complexity index is 566. The van der Waals surface area contributed by atoms with E-state index in [4.69, 9.17) is 5.11 Å². The molecule has 0 fully saturated rings. The van der Waals surface area contributed by atoms with Crippen molar-refractivity contribution in [2.45, 2.75) is 37.9 Å². The third kappa shape index (κ3) is 4.82. The molecular formula is C17H20F3NO2. The Hall–Kier alpha value is -1.82. The van der Waals surface area contributed by atoms with Crippen molar-refractivity contribution in [2.75, 3.05) is 6.61 Å². The zero-order valence-electron chi connectivity index (χ0n) is 12.8. The molecule has 1 unspecified atom stereocenters. The molecule has 2 N–H and O–H groups in total. The minimum Gasteiger partial charge on any atom is -0.396 e. The number of carbonyl (C=O) groups excluding carboxylic acids is 1. The second-order valence-electron chi connectivity index (χ2n) is 5.96. The molecule has 3 atom stereocenters. The summed E-state index contributed by atoms with van der Waals surface area (Å²) < 4.78 is 37.6. The lowest BCUT2D eigenvalue weighted by Gasteiger charge is -2.16. The van der Waals surface area contributed by atoms with Gasteiger partial charge in [0.1, 0.15) is 0 Å². The van der Waals surface area contributed by atoms with Crippen LogP contribution in [0.1, 0.15) is 36.8 Å². The normalized spacial score (nSPS) is 22.1. The van der Waals surface area contributed by atoms with Crippen LogP contribution in [0.25, 0.3) is 0 Å². The molecule has 1 aliphatic carbocycles. The molecule has 2 rings (SSSR count). The highest BCUT2D eigenvalue weighted by Crippen LogP contribution is 2.30. The molecular weight excluding hydrogens is 307 g/mol. The van der Waals surface area contributed by atoms with Crippen LogP contribution in [0, 0.1) is 5.92 Å². The summed E-state index contributed by atoms with van der Waals surface area (Å²) in [6.45, 7) is 1.87. The van der Waals surface area contributed by atoms with Gasteiger partial charge in [0.05, 0.1) is 5.56 Å². The molecule has 1 aromatic carbocycles. The second-order valence-corrected chi connectivity index (χ2v) is 5.96. The summed E-state index contributed by atoms with van der Waals surface area (Å²) in [4.78, 5) is 12.0. The summed E-state index contributed by atoms with van der Waals surface area (Å²) >= 11 is 0. The lowest BCUT2D eigenvalue weighted by atomic mass is 9.96. The van der Waals surface area contributed by atoms with Crippen LogP contribution in [-0.4, -0.2) is 23.7 Å². The van der Waals surface area contributed by atoms with Gasteiger partial charge in [-0.2, -0.15) is 13.2 Å². The van der Waals surface area contributed by atoms with Gasteiger partial charge in [-0.05, 0) is 30.0 Å². The van der Waals surface area contributed by atoms with Crippen LogP contribution in [0.4, 0.5) is 13.2 Å². The number of rotatable bonds is 5. The first-order valence-electron chi connectivity index (χ1n) is 7.55. The zero-order valence-corrected chi connectivity index (χ0v) is 12.8. The van der Waals surface area contributed by atoms with Gasteiger partial charge in [0.15, 0.2) is 0 Å². The standard InChI is InChI=1S/C17H20F3NO2/c1-11(13-3-5-14(6-4-13)17(18,19)20)8-16(23)21-15-7-2-12(9-15)10-22/h2-7,11-12,15,22H,8-10H2,1H3,(H,21,23)/t11?,12-,15+/m0/s1. The average Bonchev–Trinajstić information content (AvgIpc) is 2.94. The predicted octanol–water partition coefficient (Wildman–Crippen LogP) is 3.25. The number of carbonyl (C=O) groups is 1. The molecule has 1 aliphatic rings. The molecule has 126 valence electrons. The zero-order chi connectivity index (χ0) is 17.0. The quantitative estimate of drug-likeness (QED) is 0.816. The van der Waals surface area contributed by atoms with Gasteiger partial charge >= 0.3 is 6.18 Å². The molecule has 23 heavy (non-hydrogen) atoms. The van der Waals surface area contributed by atoms with E-state index < -0.39 is 11.7 Å². The van der Waals surface area contributed by atoms with E-state index in [2.05, 4.69) is 5.32 Å². The van der Waals surface area contributed by atoms with E-state index in [1.807, 2.05) is 19.1 Å². The van der Waals surface area contributed by atoms with Gasteiger partial charge in [0.2, 0.25) is 5.91 Å². The number of aliphatic hydroxyl groups excluding tert-OH is 1. The van der Waals surface area contributed by atoms with Crippen LogP contribution in [0.5, 0.6) is 0 Å². The Balaban J connectivity index is 1.87. The third-order valence-corrected chi connectivity index (χ3v) is 4.05. The number of nitrogens with one attached hydrogen (secondary N) is 1. The van der Waals surface area contributed by atoms with E-state index in [-0.39, 0.29) is 36.8 Å². The Morgan fingerprint density at radius 1 is 1.30 bits per heavy atom. The van der Waals surface area contributed by atoms with Gasteiger partial charge < -0.3 is 10.4 Å². The topological polar surface area (TPSA) is 49.3 Å². The summed E-state index contributed by atoms with van der Waals surface area (Å²) in [6.07, 6.45) is 0.277. The van der Waals surface area contributed by atoms with Crippen LogP contribution in [-0.2, 0) is 11.0 Å². The fraction of sp³-hybridized carbons (Fsp3) is 0.471. The number of benzene rings is 1. The van der Waals surface area contributed by atoms with Gasteiger partial charge in [0.25, 0.3) is 0 Å². The summed E-state index contributed by atoms with van der Waals surface area (Å²) in [5, 5.41) is 11.9. The molecule has 0 bridgehead atoms. The van der Waals surface area contributed by atoms with Crippen molar-refractivity contribution in [3.8, 4) is 0 Å². The Kier molecular flexibility index (Phi) is 5.46. The minimum absolute atomic E-state index is 0.0603. The maximum atomic E-state index is 12.5. The van der Waals surface area contributed by atoms with Crippen LogP contribution < -0.4 is 5.32 Å². The summed E-state index contributed by atoms with van der Waals surface area (Å²) in [7, 11) is 0. The van der Waals surface area contributed by atoms with Gasteiger partial charge in [0, 0.05) is 25.0 Å². The smallest absolute Gasteiger partial charge is 0.396 e. The number of hydrogen-bond donors (Lipinski definition) is 2. The van der Waals surface area contributed by atoms with Gasteiger partial charge in [-0.3, -0.25) is 4.79 Å². The van der Waals surface area contributed by atoms with Crippen molar-refractivity contribution in [3.05, 3.63) is 47.5 Å². The highest BCUT2D eigenvalue weighted by atomic mass is 19.4. The third-order valence-electron chi connectivity index (χ3n) is 4.05. The van der Waals surface area contributed by atoms with E-state index in [1.54, 1.807) is 0 Å². The van der Waals surface area contributed by atoms with Gasteiger partial charge in [-0.25, -0.2) is 0 Å². The Morgan fingerprint density at radius 2 is 1.96 bits per heavy atom. The first kappa shape index (κ1) is 17.5. The summed E-state index contributed by atoms with van der Waals surface area (Å²) in [5.74, 6) is -0.241. The van der Waals surface area contributed by atoms with Crippen molar-refractivity contribution in [2.24, 2.45) is 5.92 Å².